The molecule has 1 aliphatic rings. The number of carbonyl (C=O) groups is 1. The van der Waals surface area contributed by atoms with E-state index in [1.165, 1.54) is 7.11 Å². The lowest BCUT2D eigenvalue weighted by Crippen LogP contribution is -2.28. The number of hydrogen-bond acceptors (Lipinski definition) is 6. The van der Waals surface area contributed by atoms with E-state index in [-0.39, 0.29) is 16.8 Å². The average molecular weight is 376 g/mol. The molecule has 0 fully saturated rings. The predicted octanol–water partition coefficient (Wildman–Crippen LogP) is 3.93. The van der Waals surface area contributed by atoms with E-state index in [0.717, 1.165) is 5.56 Å². The largest absolute Gasteiger partial charge is 0.481 e. The minimum Gasteiger partial charge on any atom is -0.481 e. The third-order valence-corrected chi connectivity index (χ3v) is 4.82. The molecule has 0 unspecified atom stereocenters. The summed E-state index contributed by atoms with van der Waals surface area (Å²) in [6.07, 6.45) is 0.960. The summed E-state index contributed by atoms with van der Waals surface area (Å²) in [5.41, 5.74) is 1.09. The van der Waals surface area contributed by atoms with Crippen LogP contribution < -0.4 is 10.4 Å². The van der Waals surface area contributed by atoms with Gasteiger partial charge in [-0.3, -0.25) is 4.79 Å². The van der Waals surface area contributed by atoms with Gasteiger partial charge in [-0.25, -0.2) is 9.78 Å². The topological polar surface area (TPSA) is 82.3 Å². The SMILES string of the molecule is COc1cc(-c2cc3c(oc2=O)CC(C)(C)CC3=O)nc(-c2ccccc2)n1. The molecule has 6 heteroatoms. The standard InChI is InChI=1S/C22H20N2O4/c1-22(2)11-17(25)15-9-14(21(26)28-18(15)12-22)16-10-19(27-3)24-20(23-16)13-7-5-4-6-8-13/h4-10H,11-12H2,1-3H3. The van der Waals surface area contributed by atoms with E-state index >= 15 is 0 Å². The normalized spacial score (nSPS) is 15.2. The molecule has 0 aliphatic heterocycles. The molecule has 0 N–H and O–H groups in total. The van der Waals surface area contributed by atoms with Gasteiger partial charge in [0, 0.05) is 24.5 Å². The zero-order valence-electron chi connectivity index (χ0n) is 16.0. The Balaban J connectivity index is 1.87. The summed E-state index contributed by atoms with van der Waals surface area (Å²) in [5, 5.41) is 0. The number of ketones is 1. The molecule has 2 aromatic heterocycles. The maximum atomic E-state index is 12.7. The van der Waals surface area contributed by atoms with Gasteiger partial charge in [0.15, 0.2) is 11.6 Å². The van der Waals surface area contributed by atoms with Gasteiger partial charge < -0.3 is 9.15 Å². The third-order valence-electron chi connectivity index (χ3n) is 4.82. The molecule has 3 aromatic rings. The second-order valence-electron chi connectivity index (χ2n) is 7.71. The van der Waals surface area contributed by atoms with Crippen molar-refractivity contribution in [2.75, 3.05) is 7.11 Å². The van der Waals surface area contributed by atoms with Crippen molar-refractivity contribution in [1.82, 2.24) is 9.97 Å². The number of carbonyl (C=O) groups excluding carboxylic acids is 1. The summed E-state index contributed by atoms with van der Waals surface area (Å²) in [5.74, 6) is 1.17. The van der Waals surface area contributed by atoms with Crippen molar-refractivity contribution in [3.63, 3.8) is 0 Å². The molecule has 2 heterocycles. The molecule has 28 heavy (non-hydrogen) atoms. The van der Waals surface area contributed by atoms with Gasteiger partial charge in [-0.1, -0.05) is 44.2 Å². The third kappa shape index (κ3) is 3.33. The Bertz CT molecular complexity index is 1120. The van der Waals surface area contributed by atoms with Crippen LogP contribution >= 0.6 is 0 Å². The van der Waals surface area contributed by atoms with Crippen LogP contribution in [0.1, 0.15) is 36.4 Å². The second-order valence-corrected chi connectivity index (χ2v) is 7.71. The molecule has 4 rings (SSSR count). The van der Waals surface area contributed by atoms with E-state index in [1.807, 2.05) is 44.2 Å². The van der Waals surface area contributed by atoms with Crippen LogP contribution in [-0.4, -0.2) is 22.9 Å². The Labute approximate surface area is 162 Å². The first-order valence-electron chi connectivity index (χ1n) is 9.05. The highest BCUT2D eigenvalue weighted by Crippen LogP contribution is 2.35. The van der Waals surface area contributed by atoms with Crippen molar-refractivity contribution in [2.45, 2.75) is 26.7 Å². The molecule has 0 spiro atoms. The quantitative estimate of drug-likeness (QED) is 0.689. The fraction of sp³-hybridized carbons (Fsp3) is 0.273. The van der Waals surface area contributed by atoms with Gasteiger partial charge in [-0.05, 0) is 11.5 Å². The molecule has 0 atom stereocenters. The summed E-state index contributed by atoms with van der Waals surface area (Å²) < 4.78 is 10.8. The first kappa shape index (κ1) is 18.1. The van der Waals surface area contributed by atoms with Crippen molar-refractivity contribution < 1.29 is 13.9 Å². The minimum absolute atomic E-state index is 0.0273. The smallest absolute Gasteiger partial charge is 0.345 e. The highest BCUT2D eigenvalue weighted by Gasteiger charge is 2.33. The highest BCUT2D eigenvalue weighted by molar-refractivity contribution is 5.99. The lowest BCUT2D eigenvalue weighted by atomic mass is 9.76. The first-order chi connectivity index (χ1) is 13.4. The van der Waals surface area contributed by atoms with E-state index < -0.39 is 5.63 Å². The molecule has 142 valence electrons. The number of aromatic nitrogens is 2. The molecule has 1 aromatic carbocycles. The number of Topliss-reactive ketones (excluding diaryl/α,β-unsaturated/α-hetero) is 1. The zero-order valence-corrected chi connectivity index (χ0v) is 16.0. The van der Waals surface area contributed by atoms with E-state index in [4.69, 9.17) is 9.15 Å². The van der Waals surface area contributed by atoms with E-state index in [2.05, 4.69) is 9.97 Å². The van der Waals surface area contributed by atoms with Crippen molar-refractivity contribution in [3.05, 3.63) is 64.2 Å². The second kappa shape index (κ2) is 6.71. The molecule has 0 saturated carbocycles. The van der Waals surface area contributed by atoms with Crippen molar-refractivity contribution >= 4 is 5.78 Å². The molecular formula is C22H20N2O4. The molecule has 0 radical (unpaired) electrons. The number of ether oxygens (including phenoxy) is 1. The van der Waals surface area contributed by atoms with Crippen LogP contribution in [0.15, 0.2) is 51.7 Å². The van der Waals surface area contributed by atoms with Gasteiger partial charge in [0.25, 0.3) is 0 Å². The van der Waals surface area contributed by atoms with Crippen molar-refractivity contribution in [3.8, 4) is 28.5 Å². The highest BCUT2D eigenvalue weighted by atomic mass is 16.5. The Hall–Kier alpha value is -3.28. The average Bonchev–Trinajstić information content (AvgIpc) is 2.67. The summed E-state index contributed by atoms with van der Waals surface area (Å²) in [6, 6.07) is 12.6. The molecular weight excluding hydrogens is 356 g/mol. The van der Waals surface area contributed by atoms with E-state index in [1.54, 1.807) is 12.1 Å². The van der Waals surface area contributed by atoms with Crippen LogP contribution in [0.4, 0.5) is 0 Å². The Morgan fingerprint density at radius 2 is 1.75 bits per heavy atom. The molecule has 0 bridgehead atoms. The molecule has 1 aliphatic carbocycles. The first-order valence-corrected chi connectivity index (χ1v) is 9.05. The van der Waals surface area contributed by atoms with Crippen LogP contribution in [-0.2, 0) is 6.42 Å². The van der Waals surface area contributed by atoms with Gasteiger partial charge in [0.1, 0.15) is 5.76 Å². The maximum absolute atomic E-state index is 12.7. The number of benzene rings is 1. The van der Waals surface area contributed by atoms with Gasteiger partial charge >= 0.3 is 5.63 Å². The predicted molar refractivity (Wildman–Crippen MR) is 104 cm³/mol. The molecule has 6 nitrogen and oxygen atoms in total. The fourth-order valence-corrected chi connectivity index (χ4v) is 3.46. The molecule has 0 amide bonds. The monoisotopic (exact) mass is 376 g/mol. The Kier molecular flexibility index (Phi) is 4.34. The van der Waals surface area contributed by atoms with Crippen LogP contribution in [0.3, 0.4) is 0 Å². The Morgan fingerprint density at radius 3 is 2.46 bits per heavy atom. The maximum Gasteiger partial charge on any atom is 0.345 e. The fourth-order valence-electron chi connectivity index (χ4n) is 3.46. The zero-order chi connectivity index (χ0) is 19.9. The number of methoxy groups -OCH3 is 1. The van der Waals surface area contributed by atoms with Crippen LogP contribution in [0, 0.1) is 5.41 Å². The lowest BCUT2D eigenvalue weighted by molar-refractivity contribution is 0.0898. The Morgan fingerprint density at radius 1 is 1.00 bits per heavy atom. The summed E-state index contributed by atoms with van der Waals surface area (Å²) in [4.78, 5) is 34.2. The van der Waals surface area contributed by atoms with Crippen LogP contribution in [0.5, 0.6) is 5.88 Å². The van der Waals surface area contributed by atoms with Gasteiger partial charge in [0.2, 0.25) is 5.88 Å². The minimum atomic E-state index is -0.524. The van der Waals surface area contributed by atoms with Gasteiger partial charge in [-0.15, -0.1) is 0 Å². The van der Waals surface area contributed by atoms with Crippen molar-refractivity contribution in [1.29, 1.82) is 0 Å². The van der Waals surface area contributed by atoms with Crippen LogP contribution in [0.2, 0.25) is 0 Å². The van der Waals surface area contributed by atoms with E-state index in [9.17, 15) is 9.59 Å². The van der Waals surface area contributed by atoms with Crippen molar-refractivity contribution in [2.24, 2.45) is 5.41 Å². The van der Waals surface area contributed by atoms with E-state index in [0.29, 0.717) is 41.6 Å². The van der Waals surface area contributed by atoms with Gasteiger partial charge in [0.05, 0.1) is 23.9 Å². The number of fused-ring (bicyclic) bond motifs is 1. The van der Waals surface area contributed by atoms with Crippen LogP contribution in [0.25, 0.3) is 22.6 Å². The number of hydrogen-bond donors (Lipinski definition) is 0. The summed E-state index contributed by atoms with van der Waals surface area (Å²) in [6.45, 7) is 3.98. The number of nitrogens with zero attached hydrogens (tertiary/aromatic N) is 2. The van der Waals surface area contributed by atoms with Gasteiger partial charge in [-0.2, -0.15) is 4.98 Å². The lowest BCUT2D eigenvalue weighted by Gasteiger charge is -2.28. The number of rotatable bonds is 3. The molecule has 0 saturated heterocycles. The summed E-state index contributed by atoms with van der Waals surface area (Å²) in [7, 11) is 1.50. The summed E-state index contributed by atoms with van der Waals surface area (Å²) >= 11 is 0.